The molecule has 340 valence electrons. The Bertz CT molecular complexity index is 2440. The Labute approximate surface area is 366 Å². The van der Waals surface area contributed by atoms with Gasteiger partial charge in [0.2, 0.25) is 5.75 Å². The van der Waals surface area contributed by atoms with Crippen LogP contribution in [0.15, 0.2) is 54.0 Å². The van der Waals surface area contributed by atoms with Gasteiger partial charge < -0.3 is 43.2 Å². The second-order valence-corrected chi connectivity index (χ2v) is 14.7. The molecule has 0 saturated heterocycles. The minimum Gasteiger partial charge on any atom is -0.578 e. The van der Waals surface area contributed by atoms with Crippen molar-refractivity contribution in [2.75, 3.05) is 0 Å². The first-order valence-corrected chi connectivity index (χ1v) is 19.9. The third-order valence-electron chi connectivity index (χ3n) is 9.89. The summed E-state index contributed by atoms with van der Waals surface area (Å²) in [6.45, 7) is 13.8. The molecule has 0 aromatic heterocycles. The van der Waals surface area contributed by atoms with Crippen LogP contribution in [0.1, 0.15) is 89.0 Å². The van der Waals surface area contributed by atoms with Crippen LogP contribution in [0, 0.1) is 17.0 Å². The number of hydrogen-bond donors (Lipinski definition) is 0. The molecule has 0 N–H and O–H groups in total. The highest BCUT2D eigenvalue weighted by atomic mass is 17.0. The van der Waals surface area contributed by atoms with Crippen molar-refractivity contribution in [2.24, 2.45) is 11.8 Å². The van der Waals surface area contributed by atoms with E-state index in [4.69, 9.17) is 42.8 Å². The average Bonchev–Trinajstić information content (AvgIpc) is 3.19. The van der Waals surface area contributed by atoms with Gasteiger partial charge in [0, 0.05) is 54.4 Å². The highest BCUT2D eigenvalue weighted by Gasteiger charge is 2.73. The van der Waals surface area contributed by atoms with E-state index in [-0.39, 0.29) is 58.0 Å². The number of benzene rings is 3. The molecule has 4 atom stereocenters. The molecule has 2 heterocycles. The maximum atomic E-state index is 15.6. The minimum atomic E-state index is -2.75. The predicted molar refractivity (Wildman–Crippen MR) is 218 cm³/mol. The van der Waals surface area contributed by atoms with Crippen LogP contribution >= 0.6 is 0 Å². The monoisotopic (exact) mass is 890 g/mol. The highest BCUT2D eigenvalue weighted by Crippen LogP contribution is 2.60. The fraction of sp³-hybridized carbons (Fsp3) is 0.364. The van der Waals surface area contributed by atoms with Crippen LogP contribution in [0.5, 0.6) is 40.2 Å². The lowest BCUT2D eigenvalue weighted by Crippen LogP contribution is -2.78. The summed E-state index contributed by atoms with van der Waals surface area (Å²) in [5, 5.41) is 16.2. The number of carbonyl (C=O) groups is 8. The number of hydrogen-bond acceptors (Lipinski definition) is 18. The fourth-order valence-corrected chi connectivity index (χ4v) is 7.06. The molecule has 64 heavy (non-hydrogen) atoms. The molecule has 0 radical (unpaired) electrons. The first-order chi connectivity index (χ1) is 30.0. The number of nitrogens with zero attached hydrogens (tertiary/aromatic N) is 2. The van der Waals surface area contributed by atoms with Crippen molar-refractivity contribution in [3.63, 3.8) is 0 Å². The molecule has 1 amide bonds. The number of esters is 6. The molecule has 0 saturated carbocycles. The fourth-order valence-electron chi connectivity index (χ4n) is 7.06. The van der Waals surface area contributed by atoms with Gasteiger partial charge in [0.15, 0.2) is 34.4 Å². The molecule has 2 aliphatic heterocycles. The Balaban J connectivity index is 1.93. The summed E-state index contributed by atoms with van der Waals surface area (Å²) in [6, 6.07) is 9.19. The Kier molecular flexibility index (Phi) is 13.8. The zero-order chi connectivity index (χ0) is 47.6. The van der Waals surface area contributed by atoms with Crippen molar-refractivity contribution in [1.29, 1.82) is 0 Å². The summed E-state index contributed by atoms with van der Waals surface area (Å²) >= 11 is 0. The van der Waals surface area contributed by atoms with E-state index in [1.54, 1.807) is 20.8 Å². The number of rotatable bonds is 13. The first kappa shape index (κ1) is 47.7. The topological polar surface area (TPSA) is 246 Å². The number of ether oxygens (including phenoxy) is 7. The minimum absolute atomic E-state index is 0.0559. The van der Waals surface area contributed by atoms with Gasteiger partial charge in [0.1, 0.15) is 5.75 Å². The van der Waals surface area contributed by atoms with Crippen molar-refractivity contribution >= 4 is 47.7 Å². The zero-order valence-electron chi connectivity index (χ0n) is 36.9. The van der Waals surface area contributed by atoms with Gasteiger partial charge in [-0.05, 0) is 54.3 Å². The van der Waals surface area contributed by atoms with Gasteiger partial charge in [-0.2, -0.15) is 0 Å². The normalized spacial score (nSPS) is 18.4. The quantitative estimate of drug-likeness (QED) is 0.0770. The van der Waals surface area contributed by atoms with Gasteiger partial charge in [-0.25, -0.2) is 4.79 Å². The van der Waals surface area contributed by atoms with Crippen LogP contribution in [0.25, 0.3) is 22.3 Å². The molecule has 5 rings (SSSR count). The van der Waals surface area contributed by atoms with Gasteiger partial charge in [0.05, 0.1) is 17.0 Å². The van der Waals surface area contributed by atoms with E-state index in [9.17, 15) is 38.4 Å². The number of hydroxylamine groups is 6. The van der Waals surface area contributed by atoms with Crippen molar-refractivity contribution in [2.45, 2.75) is 94.7 Å². The molecule has 20 heteroatoms. The van der Waals surface area contributed by atoms with Crippen LogP contribution in [-0.4, -0.2) is 63.3 Å². The molecule has 20 nitrogen and oxygen atoms in total. The van der Waals surface area contributed by atoms with Crippen molar-refractivity contribution in [3.05, 3.63) is 59.3 Å². The van der Waals surface area contributed by atoms with E-state index < -0.39 is 98.9 Å². The lowest BCUT2D eigenvalue weighted by atomic mass is 9.89. The van der Waals surface area contributed by atoms with Crippen LogP contribution in [-0.2, 0) is 47.9 Å². The van der Waals surface area contributed by atoms with E-state index in [2.05, 4.69) is 0 Å². The van der Waals surface area contributed by atoms with E-state index >= 15 is 5.21 Å². The number of amides is 1. The summed E-state index contributed by atoms with van der Waals surface area (Å²) in [7, 11) is 0. The second kappa shape index (κ2) is 18.6. The summed E-state index contributed by atoms with van der Waals surface area (Å²) in [4.78, 5) is 113. The van der Waals surface area contributed by atoms with E-state index in [0.717, 1.165) is 41.5 Å². The molecule has 0 spiro atoms. The summed E-state index contributed by atoms with van der Waals surface area (Å²) in [5.74, 6) is -12.9. The van der Waals surface area contributed by atoms with Crippen molar-refractivity contribution < 1.29 is 86.0 Å². The smallest absolute Gasteiger partial charge is 0.375 e. The Morgan fingerprint density at radius 2 is 1.08 bits per heavy atom. The summed E-state index contributed by atoms with van der Waals surface area (Å²) in [5.41, 5.74) is -3.60. The van der Waals surface area contributed by atoms with Crippen LogP contribution in [0.2, 0.25) is 0 Å². The average molecular weight is 891 g/mol. The molecule has 3 aromatic rings. The largest absolute Gasteiger partial charge is 0.578 e. The Morgan fingerprint density at radius 1 is 0.625 bits per heavy atom. The molecule has 3 aromatic carbocycles. The second-order valence-electron chi connectivity index (χ2n) is 14.7. The molecule has 0 aliphatic carbocycles. The lowest BCUT2D eigenvalue weighted by molar-refractivity contribution is -1.08. The lowest BCUT2D eigenvalue weighted by Gasteiger charge is -2.57. The number of fused-ring (bicyclic) bond motifs is 2. The SMILES string of the molecule is CC[C@H](C)C1=C(OC(C)=O)[N@@+]2([O-])Oc3ccc(-c4c(OC(C)=O)c(OC(C)=O)c(-c5ccc(OC(C)=O)cc5)c(OC(C)=O)c4OC(C)=O)cc3O[C@]2([C@@H](C)CC)C(=O)N1OC(C)=O. The summed E-state index contributed by atoms with van der Waals surface area (Å²) in [6.07, 6.45) is 0.320. The predicted octanol–water partition coefficient (Wildman–Crippen LogP) is 6.49. The van der Waals surface area contributed by atoms with Crippen molar-refractivity contribution in [3.8, 4) is 62.5 Å². The van der Waals surface area contributed by atoms with Crippen molar-refractivity contribution in [1.82, 2.24) is 5.06 Å². The first-order valence-electron chi connectivity index (χ1n) is 19.9. The van der Waals surface area contributed by atoms with Gasteiger partial charge in [0.25, 0.3) is 0 Å². The molecular weight excluding hydrogens is 844 g/mol. The standard InChI is InChI=1S/C44H46N2O18/c1-12-21(3)37-42(61-28(10)52)46(55)44(22(4)13-2,43(54)45(37)63-29(11)53)62-34-20-31(16-19-33(34)64-46)36-40(59-26(8)50)38(57-24(6)48)35(30-14-17-32(18-15-30)56-23(5)47)39(58-25(7)49)41(36)60-27(9)51/h14-22H,12-13H2,1-11H3/t21-,22-,44+,46+/m0/s1. The van der Waals surface area contributed by atoms with Gasteiger partial charge in [-0.1, -0.05) is 44.6 Å². The van der Waals surface area contributed by atoms with Gasteiger partial charge in [-0.3, -0.25) is 38.4 Å². The third kappa shape index (κ3) is 8.95. The van der Waals surface area contributed by atoms with Crippen LogP contribution < -0.4 is 33.3 Å². The number of allylic oxidation sites excluding steroid dienone is 1. The van der Waals surface area contributed by atoms with E-state index in [1.807, 2.05) is 0 Å². The molecule has 2 aliphatic rings. The third-order valence-corrected chi connectivity index (χ3v) is 9.89. The molecule has 0 unspecified atom stereocenters. The van der Waals surface area contributed by atoms with Gasteiger partial charge in [-0.15, -0.1) is 5.06 Å². The van der Waals surface area contributed by atoms with E-state index in [1.165, 1.54) is 56.3 Å². The molecule has 0 bridgehead atoms. The van der Waals surface area contributed by atoms with Crippen LogP contribution in [0.3, 0.4) is 0 Å². The summed E-state index contributed by atoms with van der Waals surface area (Å²) < 4.78 is 40.1. The molecular formula is C44H46N2O18. The zero-order valence-corrected chi connectivity index (χ0v) is 36.9. The number of quaternary nitrogens is 1. The maximum Gasteiger partial charge on any atom is 0.375 e. The van der Waals surface area contributed by atoms with Gasteiger partial charge >= 0.3 is 59.3 Å². The Morgan fingerprint density at radius 3 is 1.50 bits per heavy atom. The highest BCUT2D eigenvalue weighted by molar-refractivity contribution is 5.99. The van der Waals surface area contributed by atoms with Crippen LogP contribution in [0.4, 0.5) is 0 Å². The maximum absolute atomic E-state index is 15.6. The molecule has 0 fully saturated rings. The van der Waals surface area contributed by atoms with E-state index in [0.29, 0.717) is 5.06 Å². The number of carbonyl (C=O) groups excluding carboxylic acids is 8. The Hall–Kier alpha value is -7.32.